The van der Waals surface area contributed by atoms with Gasteiger partial charge in [0.05, 0.1) is 0 Å². The molecule has 6 heteroatoms. The maximum absolute atomic E-state index is 12.8. The van der Waals surface area contributed by atoms with Gasteiger partial charge in [0.2, 0.25) is 5.91 Å². The number of rotatable bonds is 5. The van der Waals surface area contributed by atoms with Crippen molar-refractivity contribution >= 4 is 23.4 Å². The van der Waals surface area contributed by atoms with E-state index < -0.39 is 0 Å². The molecule has 2 aromatic rings. The lowest BCUT2D eigenvalue weighted by Gasteiger charge is -2.35. The van der Waals surface area contributed by atoms with E-state index in [-0.39, 0.29) is 17.7 Å². The van der Waals surface area contributed by atoms with E-state index in [9.17, 15) is 9.59 Å². The van der Waals surface area contributed by atoms with Crippen molar-refractivity contribution in [2.45, 2.75) is 20.5 Å². The van der Waals surface area contributed by atoms with Crippen molar-refractivity contribution in [3.8, 4) is 5.75 Å². The number of hydrogen-bond acceptors (Lipinski definition) is 3. The number of benzene rings is 2. The maximum atomic E-state index is 12.8. The molecule has 148 valence electrons. The van der Waals surface area contributed by atoms with Gasteiger partial charge in [-0.3, -0.25) is 9.59 Å². The molecule has 1 saturated heterocycles. The number of amides is 2. The Bertz CT molecular complexity index is 845. The average molecular weight is 401 g/mol. The normalized spacial score (nSPS) is 14.3. The number of piperazine rings is 1. The molecule has 28 heavy (non-hydrogen) atoms. The van der Waals surface area contributed by atoms with Crippen molar-refractivity contribution in [3.05, 3.63) is 64.7 Å². The molecule has 0 bridgehead atoms. The van der Waals surface area contributed by atoms with Gasteiger partial charge >= 0.3 is 0 Å². The second-order valence-corrected chi connectivity index (χ2v) is 7.66. The summed E-state index contributed by atoms with van der Waals surface area (Å²) in [5.41, 5.74) is 1.56. The van der Waals surface area contributed by atoms with Crippen LogP contribution in [0.4, 0.5) is 0 Å². The van der Waals surface area contributed by atoms with Crippen LogP contribution < -0.4 is 4.74 Å². The third-order valence-corrected chi connectivity index (χ3v) is 4.98. The van der Waals surface area contributed by atoms with E-state index in [2.05, 4.69) is 0 Å². The summed E-state index contributed by atoms with van der Waals surface area (Å²) >= 11 is 6.00. The maximum Gasteiger partial charge on any atom is 0.254 e. The molecule has 0 aliphatic carbocycles. The van der Waals surface area contributed by atoms with Gasteiger partial charge in [-0.25, -0.2) is 0 Å². The third kappa shape index (κ3) is 5.04. The quantitative estimate of drug-likeness (QED) is 0.765. The van der Waals surface area contributed by atoms with Gasteiger partial charge in [-0.15, -0.1) is 0 Å². The molecule has 2 aromatic carbocycles. The van der Waals surface area contributed by atoms with Gasteiger partial charge in [0.25, 0.3) is 5.91 Å². The molecular weight excluding hydrogens is 376 g/mol. The van der Waals surface area contributed by atoms with Crippen molar-refractivity contribution in [2.24, 2.45) is 5.92 Å². The van der Waals surface area contributed by atoms with Crippen molar-refractivity contribution in [1.82, 2.24) is 9.80 Å². The van der Waals surface area contributed by atoms with Crippen LogP contribution in [0.15, 0.2) is 48.5 Å². The summed E-state index contributed by atoms with van der Waals surface area (Å²) in [6.07, 6.45) is 0. The summed E-state index contributed by atoms with van der Waals surface area (Å²) in [6.45, 7) is 6.43. The zero-order valence-corrected chi connectivity index (χ0v) is 17.0. The fourth-order valence-corrected chi connectivity index (χ4v) is 3.40. The van der Waals surface area contributed by atoms with E-state index in [1.54, 1.807) is 17.0 Å². The smallest absolute Gasteiger partial charge is 0.254 e. The van der Waals surface area contributed by atoms with E-state index in [4.69, 9.17) is 16.3 Å². The van der Waals surface area contributed by atoms with Crippen LogP contribution in [0.1, 0.15) is 29.8 Å². The molecule has 0 saturated carbocycles. The molecule has 1 heterocycles. The minimum absolute atomic E-state index is 0.0180. The number of nitrogens with zero attached hydrogens (tertiary/aromatic N) is 2. The zero-order valence-electron chi connectivity index (χ0n) is 16.2. The molecule has 0 N–H and O–H groups in total. The summed E-state index contributed by atoms with van der Waals surface area (Å²) in [6, 6.07) is 14.7. The summed E-state index contributed by atoms with van der Waals surface area (Å²) in [4.78, 5) is 28.6. The van der Waals surface area contributed by atoms with Crippen molar-refractivity contribution in [2.75, 3.05) is 26.2 Å². The first-order valence-corrected chi connectivity index (χ1v) is 9.87. The van der Waals surface area contributed by atoms with Crippen LogP contribution in [-0.2, 0) is 11.4 Å². The second-order valence-electron chi connectivity index (χ2n) is 7.22. The minimum atomic E-state index is -0.0372. The van der Waals surface area contributed by atoms with Crippen LogP contribution in [-0.4, -0.2) is 47.8 Å². The Balaban J connectivity index is 1.59. The van der Waals surface area contributed by atoms with Gasteiger partial charge in [0, 0.05) is 42.7 Å². The molecule has 0 unspecified atom stereocenters. The number of halogens is 1. The molecule has 1 fully saturated rings. The van der Waals surface area contributed by atoms with Crippen LogP contribution in [0.25, 0.3) is 0 Å². The second kappa shape index (κ2) is 9.11. The number of ether oxygens (including phenoxy) is 1. The van der Waals surface area contributed by atoms with E-state index in [1.807, 2.05) is 55.1 Å². The predicted octanol–water partition coefficient (Wildman–Crippen LogP) is 3.86. The zero-order chi connectivity index (χ0) is 20.1. The van der Waals surface area contributed by atoms with Crippen LogP contribution in [0.2, 0.25) is 5.02 Å². The largest absolute Gasteiger partial charge is 0.489 e. The van der Waals surface area contributed by atoms with Gasteiger partial charge in [-0.1, -0.05) is 43.6 Å². The van der Waals surface area contributed by atoms with Gasteiger partial charge in [-0.05, 0) is 35.9 Å². The SMILES string of the molecule is CC(C)C(=O)N1CCN(C(=O)c2cccc(OCc3cccc(Cl)c3)c2)CC1. The van der Waals surface area contributed by atoms with E-state index >= 15 is 0 Å². The van der Waals surface area contributed by atoms with E-state index in [0.29, 0.717) is 49.1 Å². The summed E-state index contributed by atoms with van der Waals surface area (Å²) in [5, 5.41) is 0.667. The molecule has 0 atom stereocenters. The molecule has 0 spiro atoms. The van der Waals surface area contributed by atoms with Crippen molar-refractivity contribution in [3.63, 3.8) is 0 Å². The Labute approximate surface area is 170 Å². The summed E-state index contributed by atoms with van der Waals surface area (Å²) < 4.78 is 5.82. The van der Waals surface area contributed by atoms with Crippen LogP contribution >= 0.6 is 11.6 Å². The molecule has 0 radical (unpaired) electrons. The fraction of sp³-hybridized carbons (Fsp3) is 0.364. The third-order valence-electron chi connectivity index (χ3n) is 4.75. The van der Waals surface area contributed by atoms with Gasteiger partial charge in [0.15, 0.2) is 0 Å². The molecule has 0 aromatic heterocycles. The van der Waals surface area contributed by atoms with Gasteiger partial charge in [-0.2, -0.15) is 0 Å². The lowest BCUT2D eigenvalue weighted by Crippen LogP contribution is -2.51. The number of carbonyl (C=O) groups excluding carboxylic acids is 2. The molecule has 1 aliphatic heterocycles. The number of hydrogen-bond donors (Lipinski definition) is 0. The average Bonchev–Trinajstić information content (AvgIpc) is 2.71. The van der Waals surface area contributed by atoms with Crippen molar-refractivity contribution < 1.29 is 14.3 Å². The summed E-state index contributed by atoms with van der Waals surface area (Å²) in [7, 11) is 0. The Morgan fingerprint density at radius 2 is 1.68 bits per heavy atom. The highest BCUT2D eigenvalue weighted by Crippen LogP contribution is 2.19. The first-order chi connectivity index (χ1) is 13.4. The number of carbonyl (C=O) groups is 2. The monoisotopic (exact) mass is 400 g/mol. The Kier molecular flexibility index (Phi) is 6.57. The summed E-state index contributed by atoms with van der Waals surface area (Å²) in [5.74, 6) is 0.725. The van der Waals surface area contributed by atoms with Crippen molar-refractivity contribution in [1.29, 1.82) is 0 Å². The first kappa shape index (κ1) is 20.2. The molecule has 2 amide bonds. The first-order valence-electron chi connectivity index (χ1n) is 9.49. The minimum Gasteiger partial charge on any atom is -0.489 e. The topological polar surface area (TPSA) is 49.9 Å². The van der Waals surface area contributed by atoms with Gasteiger partial charge in [0.1, 0.15) is 12.4 Å². The van der Waals surface area contributed by atoms with E-state index in [0.717, 1.165) is 5.56 Å². The highest BCUT2D eigenvalue weighted by Gasteiger charge is 2.26. The Hall–Kier alpha value is -2.53. The predicted molar refractivity (Wildman–Crippen MR) is 110 cm³/mol. The van der Waals surface area contributed by atoms with Crippen LogP contribution in [0, 0.1) is 5.92 Å². The van der Waals surface area contributed by atoms with E-state index in [1.165, 1.54) is 0 Å². The molecular formula is C22H25ClN2O3. The Morgan fingerprint density at radius 3 is 2.36 bits per heavy atom. The fourth-order valence-electron chi connectivity index (χ4n) is 3.19. The Morgan fingerprint density at radius 1 is 1.00 bits per heavy atom. The standard InChI is InChI=1S/C22H25ClN2O3/c1-16(2)21(26)24-9-11-25(12-10-24)22(27)18-6-4-8-20(14-18)28-15-17-5-3-7-19(23)13-17/h3-8,13-14,16H,9-12,15H2,1-2H3. The highest BCUT2D eigenvalue weighted by molar-refractivity contribution is 6.30. The molecule has 1 aliphatic rings. The van der Waals surface area contributed by atoms with Crippen LogP contribution in [0.3, 0.4) is 0 Å². The molecule has 3 rings (SSSR count). The lowest BCUT2D eigenvalue weighted by atomic mass is 10.1. The molecule has 5 nitrogen and oxygen atoms in total. The van der Waals surface area contributed by atoms with Gasteiger partial charge < -0.3 is 14.5 Å². The van der Waals surface area contributed by atoms with Crippen LogP contribution in [0.5, 0.6) is 5.75 Å². The highest BCUT2D eigenvalue weighted by atomic mass is 35.5. The lowest BCUT2D eigenvalue weighted by molar-refractivity contribution is -0.135.